The summed E-state index contributed by atoms with van der Waals surface area (Å²) >= 11 is 0. The minimum atomic E-state index is -0.574. The SMILES string of the molecule is Cc1c(C)c(C)c(C(=O)c2ccc(N)cc2F)c(C)c1C. The number of rotatable bonds is 2. The minimum Gasteiger partial charge on any atom is -0.399 e. The van der Waals surface area contributed by atoms with Crippen LogP contribution in [0.25, 0.3) is 0 Å². The summed E-state index contributed by atoms with van der Waals surface area (Å²) in [7, 11) is 0. The van der Waals surface area contributed by atoms with Gasteiger partial charge < -0.3 is 5.73 Å². The molecule has 2 nitrogen and oxygen atoms in total. The van der Waals surface area contributed by atoms with Crippen LogP contribution in [-0.2, 0) is 0 Å². The van der Waals surface area contributed by atoms with Gasteiger partial charge in [-0.05, 0) is 80.6 Å². The standard InChI is InChI=1S/C18H20FNO/c1-9-10(2)12(4)17(13(5)11(9)3)18(21)15-7-6-14(20)8-16(15)19/h6-8H,20H2,1-5H3. The zero-order valence-corrected chi connectivity index (χ0v) is 13.1. The first-order valence-electron chi connectivity index (χ1n) is 6.92. The highest BCUT2D eigenvalue weighted by Crippen LogP contribution is 2.28. The van der Waals surface area contributed by atoms with E-state index in [9.17, 15) is 9.18 Å². The van der Waals surface area contributed by atoms with E-state index in [1.165, 1.54) is 17.7 Å². The maximum Gasteiger partial charge on any atom is 0.196 e. The quantitative estimate of drug-likeness (QED) is 0.664. The maximum atomic E-state index is 14.0. The van der Waals surface area contributed by atoms with Gasteiger partial charge in [0.25, 0.3) is 0 Å². The molecule has 2 aromatic carbocycles. The molecular formula is C18H20FNO. The van der Waals surface area contributed by atoms with Crippen LogP contribution in [-0.4, -0.2) is 5.78 Å². The Labute approximate surface area is 124 Å². The molecule has 0 unspecified atom stereocenters. The Bertz CT molecular complexity index is 718. The third kappa shape index (κ3) is 2.44. The molecule has 0 fully saturated rings. The van der Waals surface area contributed by atoms with Gasteiger partial charge in [-0.2, -0.15) is 0 Å². The van der Waals surface area contributed by atoms with Crippen LogP contribution in [0.5, 0.6) is 0 Å². The van der Waals surface area contributed by atoms with E-state index in [0.717, 1.165) is 22.3 Å². The average molecular weight is 285 g/mol. The summed E-state index contributed by atoms with van der Waals surface area (Å²) in [5.74, 6) is -0.858. The molecule has 0 aliphatic rings. The normalized spacial score (nSPS) is 10.8. The van der Waals surface area contributed by atoms with Crippen molar-refractivity contribution in [3.63, 3.8) is 0 Å². The molecule has 2 aromatic rings. The highest BCUT2D eigenvalue weighted by atomic mass is 19.1. The number of anilines is 1. The van der Waals surface area contributed by atoms with Crippen molar-refractivity contribution in [3.8, 4) is 0 Å². The van der Waals surface area contributed by atoms with Crippen LogP contribution in [0.15, 0.2) is 18.2 Å². The van der Waals surface area contributed by atoms with Gasteiger partial charge in [0.05, 0.1) is 5.56 Å². The number of carbonyl (C=O) groups is 1. The van der Waals surface area contributed by atoms with Crippen LogP contribution in [0.2, 0.25) is 0 Å². The lowest BCUT2D eigenvalue weighted by Crippen LogP contribution is -2.12. The second-order valence-electron chi connectivity index (χ2n) is 5.57. The molecule has 0 saturated heterocycles. The lowest BCUT2D eigenvalue weighted by molar-refractivity contribution is 0.103. The molecule has 0 saturated carbocycles. The second kappa shape index (κ2) is 5.32. The van der Waals surface area contributed by atoms with E-state index < -0.39 is 5.82 Å². The third-order valence-electron chi connectivity index (χ3n) is 4.46. The minimum absolute atomic E-state index is 0.0676. The Balaban J connectivity index is 2.70. The van der Waals surface area contributed by atoms with Crippen molar-refractivity contribution in [2.24, 2.45) is 0 Å². The van der Waals surface area contributed by atoms with Crippen molar-refractivity contribution < 1.29 is 9.18 Å². The number of hydrogen-bond acceptors (Lipinski definition) is 2. The topological polar surface area (TPSA) is 43.1 Å². The van der Waals surface area contributed by atoms with Crippen molar-refractivity contribution >= 4 is 11.5 Å². The first-order chi connectivity index (χ1) is 9.75. The lowest BCUT2D eigenvalue weighted by atomic mass is 9.86. The highest BCUT2D eigenvalue weighted by molar-refractivity contribution is 6.11. The number of carbonyl (C=O) groups excluding carboxylic acids is 1. The number of ketones is 1. The fourth-order valence-corrected chi connectivity index (χ4v) is 2.69. The molecule has 21 heavy (non-hydrogen) atoms. The first-order valence-corrected chi connectivity index (χ1v) is 6.92. The predicted molar refractivity (Wildman–Crippen MR) is 84.4 cm³/mol. The summed E-state index contributed by atoms with van der Waals surface area (Å²) in [4.78, 5) is 12.8. The fraction of sp³-hybridized carbons (Fsp3) is 0.278. The molecule has 0 aliphatic heterocycles. The van der Waals surface area contributed by atoms with Gasteiger partial charge in [-0.25, -0.2) is 4.39 Å². The summed E-state index contributed by atoms with van der Waals surface area (Å²) in [5.41, 5.74) is 11.7. The van der Waals surface area contributed by atoms with Gasteiger partial charge in [-0.15, -0.1) is 0 Å². The number of halogens is 1. The number of hydrogen-bond donors (Lipinski definition) is 1. The third-order valence-corrected chi connectivity index (χ3v) is 4.46. The molecule has 3 heteroatoms. The van der Waals surface area contributed by atoms with Gasteiger partial charge in [0.1, 0.15) is 5.82 Å². The highest BCUT2D eigenvalue weighted by Gasteiger charge is 2.21. The molecule has 0 radical (unpaired) electrons. The van der Waals surface area contributed by atoms with Crippen molar-refractivity contribution in [2.45, 2.75) is 34.6 Å². The molecule has 0 amide bonds. The van der Waals surface area contributed by atoms with E-state index in [2.05, 4.69) is 0 Å². The van der Waals surface area contributed by atoms with Crippen LogP contribution in [0, 0.1) is 40.4 Å². The van der Waals surface area contributed by atoms with Crippen LogP contribution in [0.1, 0.15) is 43.7 Å². The molecule has 0 aliphatic carbocycles. The maximum absolute atomic E-state index is 14.0. The van der Waals surface area contributed by atoms with Crippen LogP contribution >= 0.6 is 0 Å². The smallest absolute Gasteiger partial charge is 0.196 e. The summed E-state index contributed by atoms with van der Waals surface area (Å²) in [6.07, 6.45) is 0. The van der Waals surface area contributed by atoms with Crippen LogP contribution < -0.4 is 5.73 Å². The first kappa shape index (κ1) is 15.2. The van der Waals surface area contributed by atoms with Crippen molar-refractivity contribution in [3.05, 3.63) is 63.0 Å². The summed E-state index contributed by atoms with van der Waals surface area (Å²) < 4.78 is 14.0. The molecule has 2 rings (SSSR count). The number of benzene rings is 2. The largest absolute Gasteiger partial charge is 0.399 e. The van der Waals surface area contributed by atoms with Gasteiger partial charge in [0.2, 0.25) is 0 Å². The Morgan fingerprint density at radius 1 is 0.905 bits per heavy atom. The number of nitrogen functional groups attached to an aromatic ring is 1. The van der Waals surface area contributed by atoms with Crippen LogP contribution in [0.4, 0.5) is 10.1 Å². The number of nitrogens with two attached hydrogens (primary N) is 1. The predicted octanol–water partition coefficient (Wildman–Crippen LogP) is 4.18. The lowest BCUT2D eigenvalue weighted by Gasteiger charge is -2.18. The van der Waals surface area contributed by atoms with Crippen LogP contribution in [0.3, 0.4) is 0 Å². The van der Waals surface area contributed by atoms with E-state index in [-0.39, 0.29) is 11.3 Å². The Hall–Kier alpha value is -2.16. The zero-order valence-electron chi connectivity index (χ0n) is 13.1. The van der Waals surface area contributed by atoms with Crippen molar-refractivity contribution in [2.75, 3.05) is 5.73 Å². The monoisotopic (exact) mass is 285 g/mol. The van der Waals surface area contributed by atoms with Gasteiger partial charge in [-0.3, -0.25) is 4.79 Å². The molecule has 0 spiro atoms. The van der Waals surface area contributed by atoms with Crippen molar-refractivity contribution in [1.82, 2.24) is 0 Å². The molecule has 0 bridgehead atoms. The van der Waals surface area contributed by atoms with Gasteiger partial charge in [0.15, 0.2) is 5.78 Å². The fourth-order valence-electron chi connectivity index (χ4n) is 2.69. The molecule has 2 N–H and O–H groups in total. The van der Waals surface area contributed by atoms with Gasteiger partial charge in [-0.1, -0.05) is 0 Å². The van der Waals surface area contributed by atoms with Gasteiger partial charge in [0, 0.05) is 11.3 Å². The van der Waals surface area contributed by atoms with E-state index in [1.807, 2.05) is 34.6 Å². The van der Waals surface area contributed by atoms with E-state index in [0.29, 0.717) is 11.3 Å². The van der Waals surface area contributed by atoms with Crippen molar-refractivity contribution in [1.29, 1.82) is 0 Å². The van der Waals surface area contributed by atoms with Gasteiger partial charge >= 0.3 is 0 Å². The molecular weight excluding hydrogens is 265 g/mol. The Kier molecular flexibility index (Phi) is 3.86. The summed E-state index contributed by atoms with van der Waals surface area (Å²) in [6.45, 7) is 9.86. The van der Waals surface area contributed by atoms with E-state index in [1.54, 1.807) is 6.07 Å². The van der Waals surface area contributed by atoms with E-state index >= 15 is 0 Å². The average Bonchev–Trinajstić information content (AvgIpc) is 2.43. The summed E-state index contributed by atoms with van der Waals surface area (Å²) in [6, 6.07) is 4.19. The molecule has 110 valence electrons. The Morgan fingerprint density at radius 3 is 1.86 bits per heavy atom. The summed E-state index contributed by atoms with van der Waals surface area (Å²) in [5, 5.41) is 0. The molecule has 0 heterocycles. The molecule has 0 atom stereocenters. The Morgan fingerprint density at radius 2 is 1.38 bits per heavy atom. The van der Waals surface area contributed by atoms with E-state index in [4.69, 9.17) is 5.73 Å². The second-order valence-corrected chi connectivity index (χ2v) is 5.57. The molecule has 0 aromatic heterocycles. The zero-order chi connectivity index (χ0) is 15.9.